The van der Waals surface area contributed by atoms with Crippen molar-refractivity contribution in [2.45, 2.75) is 6.54 Å². The molecule has 20 heavy (non-hydrogen) atoms. The third kappa shape index (κ3) is 2.98. The molecule has 9 nitrogen and oxygen atoms in total. The number of aromatic nitrogens is 2. The number of aromatic amines is 1. The number of thiazole rings is 1. The van der Waals surface area contributed by atoms with E-state index in [9.17, 15) is 19.7 Å². The highest BCUT2D eigenvalue weighted by atomic mass is 32.1. The first-order chi connectivity index (χ1) is 9.47. The lowest BCUT2D eigenvalue weighted by Gasteiger charge is -1.98. The van der Waals surface area contributed by atoms with Gasteiger partial charge in [-0.05, 0) is 11.0 Å². The number of hydrogen-bond donors (Lipinski definition) is 3. The Bertz CT molecular complexity index is 677. The molecule has 0 fully saturated rings. The van der Waals surface area contributed by atoms with Crippen molar-refractivity contribution in [2.24, 2.45) is 0 Å². The van der Waals surface area contributed by atoms with E-state index in [1.165, 1.54) is 17.5 Å². The van der Waals surface area contributed by atoms with E-state index < -0.39 is 16.8 Å². The Labute approximate surface area is 115 Å². The maximum absolute atomic E-state index is 11.7. The maximum Gasteiger partial charge on any atom is 0.355 e. The molecule has 2 aromatic rings. The number of aromatic carboxylic acids is 1. The van der Waals surface area contributed by atoms with Gasteiger partial charge < -0.3 is 20.5 Å². The van der Waals surface area contributed by atoms with Crippen LogP contribution in [0.25, 0.3) is 0 Å². The minimum absolute atomic E-state index is 0.0452. The SMILES string of the molecule is O=C(O)c1csc(CNC(=O)c2ccc([N+](=O)[O-])[nH]2)n1. The second-order valence-electron chi connectivity index (χ2n) is 3.63. The molecule has 0 radical (unpaired) electrons. The van der Waals surface area contributed by atoms with Crippen LogP contribution in [0.15, 0.2) is 17.5 Å². The van der Waals surface area contributed by atoms with Crippen LogP contribution in [0.1, 0.15) is 26.0 Å². The topological polar surface area (TPSA) is 138 Å². The standard InChI is InChI=1S/C10H8N4O5S/c15-9(5-1-2-7(12-5)14(18)19)11-3-8-13-6(4-20-8)10(16)17/h1-2,4,12H,3H2,(H,11,15)(H,16,17). The first kappa shape index (κ1) is 13.7. The van der Waals surface area contributed by atoms with Gasteiger partial charge in [0, 0.05) is 11.4 Å². The molecule has 0 aliphatic rings. The Kier molecular flexibility index (Phi) is 3.75. The Hall–Kier alpha value is -2.75. The van der Waals surface area contributed by atoms with Gasteiger partial charge in [0.2, 0.25) is 0 Å². The number of carbonyl (C=O) groups is 2. The molecule has 0 saturated carbocycles. The maximum atomic E-state index is 11.7. The quantitative estimate of drug-likeness (QED) is 0.556. The number of hydrogen-bond acceptors (Lipinski definition) is 6. The van der Waals surface area contributed by atoms with Gasteiger partial charge in [-0.1, -0.05) is 0 Å². The van der Waals surface area contributed by atoms with Crippen molar-refractivity contribution in [3.63, 3.8) is 0 Å². The van der Waals surface area contributed by atoms with Crippen molar-refractivity contribution in [1.29, 1.82) is 0 Å². The molecule has 0 saturated heterocycles. The van der Waals surface area contributed by atoms with Gasteiger partial charge in [-0.25, -0.2) is 14.8 Å². The zero-order chi connectivity index (χ0) is 14.7. The fourth-order valence-corrected chi connectivity index (χ4v) is 2.07. The Balaban J connectivity index is 1.97. The number of carboxylic acids is 1. The minimum atomic E-state index is -1.14. The summed E-state index contributed by atoms with van der Waals surface area (Å²) >= 11 is 1.10. The molecular weight excluding hydrogens is 288 g/mol. The zero-order valence-corrected chi connectivity index (χ0v) is 10.6. The lowest BCUT2D eigenvalue weighted by molar-refractivity contribution is -0.389. The number of amides is 1. The predicted octanol–water partition coefficient (Wildman–Crippen LogP) is 1.01. The highest BCUT2D eigenvalue weighted by Gasteiger charge is 2.16. The van der Waals surface area contributed by atoms with Crippen molar-refractivity contribution in [3.8, 4) is 0 Å². The van der Waals surface area contributed by atoms with Crippen LogP contribution in [0.5, 0.6) is 0 Å². The van der Waals surface area contributed by atoms with E-state index in [2.05, 4.69) is 15.3 Å². The van der Waals surface area contributed by atoms with Gasteiger partial charge in [0.05, 0.1) is 6.54 Å². The van der Waals surface area contributed by atoms with Gasteiger partial charge in [-0.15, -0.1) is 11.3 Å². The Morgan fingerprint density at radius 1 is 1.50 bits per heavy atom. The lowest BCUT2D eigenvalue weighted by Crippen LogP contribution is -2.23. The number of nitrogens with zero attached hydrogens (tertiary/aromatic N) is 2. The molecule has 0 bridgehead atoms. The van der Waals surface area contributed by atoms with E-state index in [0.717, 1.165) is 11.3 Å². The van der Waals surface area contributed by atoms with Crippen LogP contribution < -0.4 is 5.32 Å². The highest BCUT2D eigenvalue weighted by Crippen LogP contribution is 2.11. The Morgan fingerprint density at radius 3 is 2.80 bits per heavy atom. The van der Waals surface area contributed by atoms with E-state index in [1.807, 2.05) is 0 Å². The molecule has 0 atom stereocenters. The summed E-state index contributed by atoms with van der Waals surface area (Å²) in [6.07, 6.45) is 0. The molecule has 0 aromatic carbocycles. The summed E-state index contributed by atoms with van der Waals surface area (Å²) in [6.45, 7) is 0.0452. The van der Waals surface area contributed by atoms with E-state index in [4.69, 9.17) is 5.11 Å². The normalized spacial score (nSPS) is 10.2. The van der Waals surface area contributed by atoms with Crippen molar-refractivity contribution < 1.29 is 19.6 Å². The fraction of sp³-hybridized carbons (Fsp3) is 0.100. The molecule has 2 rings (SSSR count). The minimum Gasteiger partial charge on any atom is -0.476 e. The molecule has 0 aliphatic carbocycles. The van der Waals surface area contributed by atoms with Gasteiger partial charge >= 0.3 is 11.8 Å². The number of H-pyrrole nitrogens is 1. The lowest BCUT2D eigenvalue weighted by atomic mass is 10.4. The van der Waals surface area contributed by atoms with Crippen molar-refractivity contribution >= 4 is 29.0 Å². The molecule has 2 heterocycles. The van der Waals surface area contributed by atoms with Gasteiger partial charge in [0.25, 0.3) is 5.91 Å². The number of carboxylic acid groups (broad SMARTS) is 1. The van der Waals surface area contributed by atoms with Gasteiger partial charge in [-0.2, -0.15) is 0 Å². The number of carbonyl (C=O) groups excluding carboxylic acids is 1. The predicted molar refractivity (Wildman–Crippen MR) is 67.7 cm³/mol. The van der Waals surface area contributed by atoms with E-state index in [-0.39, 0.29) is 23.8 Å². The summed E-state index contributed by atoms with van der Waals surface area (Å²) in [5.74, 6) is -1.96. The number of rotatable bonds is 5. The molecule has 3 N–H and O–H groups in total. The molecule has 2 aromatic heterocycles. The van der Waals surface area contributed by atoms with Gasteiger partial charge in [0.1, 0.15) is 5.01 Å². The average molecular weight is 296 g/mol. The second kappa shape index (κ2) is 5.48. The molecular formula is C10H8N4O5S. The molecule has 104 valence electrons. The van der Waals surface area contributed by atoms with Crippen LogP contribution in [-0.4, -0.2) is 31.9 Å². The van der Waals surface area contributed by atoms with Gasteiger partial charge in [0.15, 0.2) is 11.4 Å². The highest BCUT2D eigenvalue weighted by molar-refractivity contribution is 7.09. The molecule has 0 spiro atoms. The monoisotopic (exact) mass is 296 g/mol. The zero-order valence-electron chi connectivity index (χ0n) is 9.82. The number of nitrogens with one attached hydrogen (secondary N) is 2. The van der Waals surface area contributed by atoms with Crippen LogP contribution >= 0.6 is 11.3 Å². The van der Waals surface area contributed by atoms with Crippen molar-refractivity contribution in [3.05, 3.63) is 44.0 Å². The van der Waals surface area contributed by atoms with E-state index in [1.54, 1.807) is 0 Å². The first-order valence-corrected chi connectivity index (χ1v) is 6.14. The summed E-state index contributed by atoms with van der Waals surface area (Å²) in [4.78, 5) is 38.3. The van der Waals surface area contributed by atoms with E-state index in [0.29, 0.717) is 5.01 Å². The van der Waals surface area contributed by atoms with E-state index >= 15 is 0 Å². The fourth-order valence-electron chi connectivity index (χ4n) is 1.36. The molecule has 10 heteroatoms. The summed E-state index contributed by atoms with van der Waals surface area (Å²) in [7, 11) is 0. The largest absolute Gasteiger partial charge is 0.476 e. The smallest absolute Gasteiger partial charge is 0.355 e. The van der Waals surface area contributed by atoms with Crippen LogP contribution in [0.4, 0.5) is 5.82 Å². The summed E-state index contributed by atoms with van der Waals surface area (Å²) in [5, 5.41) is 23.4. The summed E-state index contributed by atoms with van der Waals surface area (Å²) in [5.41, 5.74) is -0.0403. The van der Waals surface area contributed by atoms with Gasteiger partial charge in [-0.3, -0.25) is 4.79 Å². The van der Waals surface area contributed by atoms with Crippen molar-refractivity contribution in [1.82, 2.24) is 15.3 Å². The third-order valence-electron chi connectivity index (χ3n) is 2.28. The summed E-state index contributed by atoms with van der Waals surface area (Å²) < 4.78 is 0. The van der Waals surface area contributed by atoms with Crippen molar-refractivity contribution in [2.75, 3.05) is 0 Å². The third-order valence-corrected chi connectivity index (χ3v) is 3.13. The van der Waals surface area contributed by atoms with Crippen LogP contribution in [0.2, 0.25) is 0 Å². The second-order valence-corrected chi connectivity index (χ2v) is 4.57. The van der Waals surface area contributed by atoms with Crippen LogP contribution in [-0.2, 0) is 6.54 Å². The molecule has 0 aliphatic heterocycles. The summed E-state index contributed by atoms with van der Waals surface area (Å²) in [6, 6.07) is 2.47. The Morgan fingerprint density at radius 2 is 2.25 bits per heavy atom. The van der Waals surface area contributed by atoms with Crippen LogP contribution in [0, 0.1) is 10.1 Å². The van der Waals surface area contributed by atoms with Crippen LogP contribution in [0.3, 0.4) is 0 Å². The first-order valence-electron chi connectivity index (χ1n) is 5.26. The molecule has 1 amide bonds. The molecule has 0 unspecified atom stereocenters. The average Bonchev–Trinajstić information content (AvgIpc) is 3.05. The number of nitro groups is 1.